The zero-order chi connectivity index (χ0) is 12.8. The molecule has 0 aliphatic rings. The smallest absolute Gasteiger partial charge is 0.133 e. The third-order valence-corrected chi connectivity index (χ3v) is 3.20. The van der Waals surface area contributed by atoms with Crippen molar-refractivity contribution in [3.05, 3.63) is 12.4 Å². The van der Waals surface area contributed by atoms with Crippen molar-refractivity contribution in [3.8, 4) is 0 Å². The topological polar surface area (TPSA) is 55.0 Å². The molecule has 1 rings (SSSR count). The van der Waals surface area contributed by atoms with Crippen molar-refractivity contribution in [2.75, 3.05) is 17.7 Å². The van der Waals surface area contributed by atoms with Gasteiger partial charge in [-0.1, -0.05) is 12.2 Å². The van der Waals surface area contributed by atoms with Crippen LogP contribution < -0.4 is 10.6 Å². The van der Waals surface area contributed by atoms with E-state index in [9.17, 15) is 0 Å². The van der Waals surface area contributed by atoms with Gasteiger partial charge in [-0.05, 0) is 20.1 Å². The van der Waals surface area contributed by atoms with E-state index in [4.69, 9.17) is 18.0 Å². The SMILES string of the molecule is CSc1cc(N(CCC(N)=S)C(C)C)ncn1. The molecule has 0 aliphatic heterocycles. The summed E-state index contributed by atoms with van der Waals surface area (Å²) in [6.45, 7) is 5.04. The largest absolute Gasteiger partial charge is 0.393 e. The van der Waals surface area contributed by atoms with E-state index in [2.05, 4.69) is 28.7 Å². The summed E-state index contributed by atoms with van der Waals surface area (Å²) < 4.78 is 0. The summed E-state index contributed by atoms with van der Waals surface area (Å²) in [6.07, 6.45) is 4.30. The van der Waals surface area contributed by atoms with Crippen LogP contribution in [0.5, 0.6) is 0 Å². The van der Waals surface area contributed by atoms with E-state index in [1.54, 1.807) is 18.1 Å². The monoisotopic (exact) mass is 270 g/mol. The molecule has 2 N–H and O–H groups in total. The first-order chi connectivity index (χ1) is 8.04. The minimum absolute atomic E-state index is 0.356. The first-order valence-corrected chi connectivity index (χ1v) is 7.09. The number of hydrogen-bond donors (Lipinski definition) is 1. The lowest BCUT2D eigenvalue weighted by atomic mass is 10.3. The lowest BCUT2D eigenvalue weighted by Gasteiger charge is -2.27. The highest BCUT2D eigenvalue weighted by molar-refractivity contribution is 7.98. The molecule has 0 unspecified atom stereocenters. The Balaban J connectivity index is 2.84. The van der Waals surface area contributed by atoms with Crippen LogP contribution >= 0.6 is 24.0 Å². The van der Waals surface area contributed by atoms with Crippen molar-refractivity contribution in [2.24, 2.45) is 5.73 Å². The summed E-state index contributed by atoms with van der Waals surface area (Å²) in [6, 6.07) is 2.35. The summed E-state index contributed by atoms with van der Waals surface area (Å²) in [4.78, 5) is 11.2. The number of anilines is 1. The molecule has 6 heteroatoms. The van der Waals surface area contributed by atoms with Gasteiger partial charge < -0.3 is 10.6 Å². The molecule has 0 bridgehead atoms. The molecule has 0 saturated heterocycles. The molecule has 94 valence electrons. The predicted octanol–water partition coefficient (Wildman–Crippen LogP) is 2.09. The quantitative estimate of drug-likeness (QED) is 0.485. The third-order valence-electron chi connectivity index (χ3n) is 2.35. The van der Waals surface area contributed by atoms with Gasteiger partial charge in [0.05, 0.1) is 4.99 Å². The minimum atomic E-state index is 0.356. The maximum atomic E-state index is 5.54. The van der Waals surface area contributed by atoms with Crippen LogP contribution in [0.15, 0.2) is 17.4 Å². The second-order valence-corrected chi connectivity index (χ2v) is 5.27. The number of thiocarbonyl (C=S) groups is 1. The second-order valence-electron chi connectivity index (χ2n) is 3.92. The number of aromatic nitrogens is 2. The molecule has 1 heterocycles. The average Bonchev–Trinajstić information content (AvgIpc) is 2.28. The molecule has 0 radical (unpaired) electrons. The Hall–Kier alpha value is -0.880. The van der Waals surface area contributed by atoms with Gasteiger partial charge >= 0.3 is 0 Å². The molecule has 0 saturated carbocycles. The van der Waals surface area contributed by atoms with Crippen molar-refractivity contribution < 1.29 is 0 Å². The lowest BCUT2D eigenvalue weighted by molar-refractivity contribution is 0.677. The number of rotatable bonds is 6. The molecule has 0 spiro atoms. The van der Waals surface area contributed by atoms with Gasteiger partial charge in [0, 0.05) is 25.1 Å². The van der Waals surface area contributed by atoms with E-state index < -0.39 is 0 Å². The fourth-order valence-electron chi connectivity index (χ4n) is 1.47. The Bertz CT molecular complexity index is 381. The predicted molar refractivity (Wildman–Crippen MR) is 77.7 cm³/mol. The van der Waals surface area contributed by atoms with Crippen molar-refractivity contribution in [2.45, 2.75) is 31.3 Å². The van der Waals surface area contributed by atoms with E-state index in [0.717, 1.165) is 17.4 Å². The first kappa shape index (κ1) is 14.2. The van der Waals surface area contributed by atoms with Crippen LogP contribution in [-0.4, -0.2) is 33.8 Å². The highest BCUT2D eigenvalue weighted by Gasteiger charge is 2.12. The van der Waals surface area contributed by atoms with Gasteiger partial charge in [0.2, 0.25) is 0 Å². The number of hydrogen-bond acceptors (Lipinski definition) is 5. The zero-order valence-electron chi connectivity index (χ0n) is 10.4. The molecular weight excluding hydrogens is 252 g/mol. The molecular formula is C11H18N4S2. The molecule has 0 aliphatic carbocycles. The summed E-state index contributed by atoms with van der Waals surface area (Å²) in [7, 11) is 0. The van der Waals surface area contributed by atoms with Crippen LogP contribution in [-0.2, 0) is 0 Å². The number of nitrogens with zero attached hydrogens (tertiary/aromatic N) is 3. The molecule has 1 aromatic rings. The molecule has 0 fully saturated rings. The first-order valence-electron chi connectivity index (χ1n) is 5.45. The average molecular weight is 270 g/mol. The molecule has 0 atom stereocenters. The summed E-state index contributed by atoms with van der Waals surface area (Å²) in [5.41, 5.74) is 5.54. The Morgan fingerprint density at radius 3 is 2.76 bits per heavy atom. The Kier molecular flexibility index (Phi) is 5.64. The third kappa shape index (κ3) is 4.47. The van der Waals surface area contributed by atoms with Gasteiger partial charge in [-0.15, -0.1) is 11.8 Å². The summed E-state index contributed by atoms with van der Waals surface area (Å²) >= 11 is 6.52. The second kappa shape index (κ2) is 6.76. The van der Waals surface area contributed by atoms with E-state index in [-0.39, 0.29) is 0 Å². The Morgan fingerprint density at radius 2 is 2.24 bits per heavy atom. The highest BCUT2D eigenvalue weighted by atomic mass is 32.2. The van der Waals surface area contributed by atoms with Gasteiger partial charge in [0.15, 0.2) is 0 Å². The van der Waals surface area contributed by atoms with E-state index in [1.165, 1.54) is 0 Å². The van der Waals surface area contributed by atoms with Crippen molar-refractivity contribution in [3.63, 3.8) is 0 Å². The van der Waals surface area contributed by atoms with Crippen LogP contribution in [0, 0.1) is 0 Å². The van der Waals surface area contributed by atoms with Gasteiger partial charge in [-0.2, -0.15) is 0 Å². The fourth-order valence-corrected chi connectivity index (χ4v) is 1.93. The van der Waals surface area contributed by atoms with Crippen LogP contribution in [0.25, 0.3) is 0 Å². The van der Waals surface area contributed by atoms with Gasteiger partial charge in [0.1, 0.15) is 17.2 Å². The van der Waals surface area contributed by atoms with Crippen molar-refractivity contribution in [1.82, 2.24) is 9.97 Å². The highest BCUT2D eigenvalue weighted by Crippen LogP contribution is 2.19. The normalized spacial score (nSPS) is 10.6. The molecule has 17 heavy (non-hydrogen) atoms. The van der Waals surface area contributed by atoms with Crippen LogP contribution in [0.4, 0.5) is 5.82 Å². The van der Waals surface area contributed by atoms with Gasteiger partial charge in [-0.25, -0.2) is 9.97 Å². The van der Waals surface area contributed by atoms with Crippen LogP contribution in [0.3, 0.4) is 0 Å². The van der Waals surface area contributed by atoms with Gasteiger partial charge in [-0.3, -0.25) is 0 Å². The maximum absolute atomic E-state index is 5.54. The molecule has 4 nitrogen and oxygen atoms in total. The summed E-state index contributed by atoms with van der Waals surface area (Å²) in [5, 5.41) is 0.968. The van der Waals surface area contributed by atoms with Crippen molar-refractivity contribution >= 4 is 34.8 Å². The Morgan fingerprint density at radius 1 is 1.53 bits per heavy atom. The Labute approximate surface area is 112 Å². The lowest BCUT2D eigenvalue weighted by Crippen LogP contribution is -2.34. The maximum Gasteiger partial charge on any atom is 0.133 e. The van der Waals surface area contributed by atoms with Gasteiger partial charge in [0.25, 0.3) is 0 Å². The van der Waals surface area contributed by atoms with Crippen molar-refractivity contribution in [1.29, 1.82) is 0 Å². The van der Waals surface area contributed by atoms with Crippen LogP contribution in [0.2, 0.25) is 0 Å². The minimum Gasteiger partial charge on any atom is -0.393 e. The molecule has 0 aromatic carbocycles. The number of thioether (sulfide) groups is 1. The molecule has 0 amide bonds. The zero-order valence-corrected chi connectivity index (χ0v) is 12.0. The van der Waals surface area contributed by atoms with Crippen LogP contribution in [0.1, 0.15) is 20.3 Å². The molecule has 1 aromatic heterocycles. The standard InChI is InChI=1S/C11H18N4S2/c1-8(2)15(5-4-9(12)16)10-6-11(17-3)14-7-13-10/h6-8H,4-5H2,1-3H3,(H2,12,16). The number of nitrogens with two attached hydrogens (primary N) is 1. The fraction of sp³-hybridized carbons (Fsp3) is 0.545. The van der Waals surface area contributed by atoms with E-state index in [0.29, 0.717) is 17.5 Å². The summed E-state index contributed by atoms with van der Waals surface area (Å²) in [5.74, 6) is 0.926. The van der Waals surface area contributed by atoms with E-state index >= 15 is 0 Å². The van der Waals surface area contributed by atoms with E-state index in [1.807, 2.05) is 12.3 Å².